The molecule has 0 saturated heterocycles. The van der Waals surface area contributed by atoms with Crippen molar-refractivity contribution < 1.29 is 27.4 Å². The third-order valence-corrected chi connectivity index (χ3v) is 5.33. The Kier molecular flexibility index (Phi) is 4.06. The molecule has 2 rings (SSSR count). The third-order valence-electron chi connectivity index (χ3n) is 5.33. The number of carbonyl (C=O) groups is 1. The van der Waals surface area contributed by atoms with Gasteiger partial charge < -0.3 is 9.47 Å². The van der Waals surface area contributed by atoms with E-state index < -0.39 is 30.3 Å². The van der Waals surface area contributed by atoms with Crippen LogP contribution in [0.1, 0.15) is 33.6 Å². The van der Waals surface area contributed by atoms with Crippen molar-refractivity contribution in [1.82, 2.24) is 0 Å². The van der Waals surface area contributed by atoms with E-state index in [1.54, 1.807) is 6.92 Å². The molecule has 2 saturated carbocycles. The summed E-state index contributed by atoms with van der Waals surface area (Å²) in [5.41, 5.74) is -2.33. The van der Waals surface area contributed by atoms with Crippen molar-refractivity contribution >= 4 is 5.97 Å². The van der Waals surface area contributed by atoms with E-state index in [4.69, 9.17) is 9.47 Å². The minimum absolute atomic E-state index is 0.0451. The SMILES string of the molecule is CCOCOC(=O)C1(C(F)(F)F)CC2CC1C(C)C2C. The van der Waals surface area contributed by atoms with E-state index >= 15 is 0 Å². The van der Waals surface area contributed by atoms with Crippen LogP contribution in [0.5, 0.6) is 0 Å². The minimum atomic E-state index is -4.57. The van der Waals surface area contributed by atoms with Crippen LogP contribution in [0.2, 0.25) is 0 Å². The van der Waals surface area contributed by atoms with Gasteiger partial charge >= 0.3 is 12.1 Å². The van der Waals surface area contributed by atoms with E-state index in [2.05, 4.69) is 0 Å². The van der Waals surface area contributed by atoms with E-state index in [9.17, 15) is 18.0 Å². The second-order valence-electron chi connectivity index (χ2n) is 6.04. The van der Waals surface area contributed by atoms with Crippen LogP contribution in [0.3, 0.4) is 0 Å². The standard InChI is InChI=1S/C14H21F3O3/c1-4-19-7-20-12(18)13(14(15,16)17)6-10-5-11(13)9(3)8(10)2/h8-11H,4-7H2,1-3H3. The summed E-state index contributed by atoms with van der Waals surface area (Å²) >= 11 is 0. The van der Waals surface area contributed by atoms with E-state index in [-0.39, 0.29) is 24.2 Å². The number of alkyl halides is 3. The van der Waals surface area contributed by atoms with Crippen molar-refractivity contribution in [3.63, 3.8) is 0 Å². The Morgan fingerprint density at radius 3 is 2.40 bits per heavy atom. The maximum absolute atomic E-state index is 13.6. The van der Waals surface area contributed by atoms with E-state index in [0.717, 1.165) is 0 Å². The number of ether oxygens (including phenoxy) is 2. The third kappa shape index (κ3) is 2.12. The van der Waals surface area contributed by atoms with Crippen LogP contribution < -0.4 is 0 Å². The molecule has 3 nitrogen and oxygen atoms in total. The summed E-state index contributed by atoms with van der Waals surface area (Å²) in [6, 6.07) is 0. The average Bonchev–Trinajstić information content (AvgIpc) is 2.88. The molecule has 0 aliphatic heterocycles. The first-order valence-electron chi connectivity index (χ1n) is 7.07. The number of fused-ring (bicyclic) bond motifs is 2. The highest BCUT2D eigenvalue weighted by molar-refractivity contribution is 5.79. The summed E-state index contributed by atoms with van der Waals surface area (Å²) in [5.74, 6) is -1.76. The molecule has 0 N–H and O–H groups in total. The van der Waals surface area contributed by atoms with Crippen molar-refractivity contribution in [2.45, 2.75) is 39.8 Å². The molecule has 6 heteroatoms. The van der Waals surface area contributed by atoms with Crippen LogP contribution in [0, 0.1) is 29.1 Å². The second kappa shape index (κ2) is 5.20. The fourth-order valence-corrected chi connectivity index (χ4v) is 4.02. The van der Waals surface area contributed by atoms with E-state index in [0.29, 0.717) is 13.0 Å². The highest BCUT2D eigenvalue weighted by Gasteiger charge is 2.73. The van der Waals surface area contributed by atoms with Gasteiger partial charge in [-0.15, -0.1) is 0 Å². The molecule has 5 atom stereocenters. The van der Waals surface area contributed by atoms with Crippen LogP contribution in [0.25, 0.3) is 0 Å². The topological polar surface area (TPSA) is 35.5 Å². The molecule has 0 aromatic rings. The zero-order valence-electron chi connectivity index (χ0n) is 12.0. The summed E-state index contributed by atoms with van der Waals surface area (Å²) < 4.78 is 50.4. The largest absolute Gasteiger partial charge is 0.438 e. The fourth-order valence-electron chi connectivity index (χ4n) is 4.02. The Morgan fingerprint density at radius 2 is 1.95 bits per heavy atom. The number of rotatable bonds is 4. The summed E-state index contributed by atoms with van der Waals surface area (Å²) in [4.78, 5) is 12.1. The Balaban J connectivity index is 2.24. The van der Waals surface area contributed by atoms with Gasteiger partial charge in [0.15, 0.2) is 12.2 Å². The predicted molar refractivity (Wildman–Crippen MR) is 65.6 cm³/mol. The van der Waals surface area contributed by atoms with Gasteiger partial charge in [-0.2, -0.15) is 13.2 Å². The van der Waals surface area contributed by atoms with Gasteiger partial charge in [-0.1, -0.05) is 13.8 Å². The Labute approximate surface area is 116 Å². The van der Waals surface area contributed by atoms with E-state index in [1.165, 1.54) is 0 Å². The number of hydrogen-bond acceptors (Lipinski definition) is 3. The van der Waals surface area contributed by atoms with Gasteiger partial charge in [0.1, 0.15) is 0 Å². The zero-order chi connectivity index (χ0) is 15.1. The van der Waals surface area contributed by atoms with Crippen LogP contribution in [0.15, 0.2) is 0 Å². The van der Waals surface area contributed by atoms with Gasteiger partial charge in [0.05, 0.1) is 0 Å². The van der Waals surface area contributed by atoms with Crippen molar-refractivity contribution in [3.8, 4) is 0 Å². The predicted octanol–water partition coefficient (Wildman–Crippen LogP) is 3.38. The second-order valence-corrected chi connectivity index (χ2v) is 6.04. The van der Waals surface area contributed by atoms with Gasteiger partial charge in [-0.05, 0) is 43.4 Å². The number of halogens is 3. The smallest absolute Gasteiger partial charge is 0.405 e. The summed E-state index contributed by atoms with van der Waals surface area (Å²) in [6.07, 6.45) is -4.24. The molecule has 0 radical (unpaired) electrons. The number of hydrogen-bond donors (Lipinski definition) is 0. The van der Waals surface area contributed by atoms with Gasteiger partial charge in [0, 0.05) is 6.61 Å². The molecule has 0 aromatic carbocycles. The van der Waals surface area contributed by atoms with Crippen LogP contribution in [-0.2, 0) is 14.3 Å². The van der Waals surface area contributed by atoms with Crippen LogP contribution in [0.4, 0.5) is 13.2 Å². The molecular weight excluding hydrogens is 273 g/mol. The summed E-state index contributed by atoms with van der Waals surface area (Å²) in [6.45, 7) is 5.36. The molecular formula is C14H21F3O3. The molecule has 5 unspecified atom stereocenters. The quantitative estimate of drug-likeness (QED) is 0.453. The maximum Gasteiger partial charge on any atom is 0.405 e. The molecule has 2 aliphatic rings. The molecule has 0 heterocycles. The highest BCUT2D eigenvalue weighted by atomic mass is 19.4. The molecule has 2 fully saturated rings. The molecule has 2 aliphatic carbocycles. The molecule has 0 spiro atoms. The lowest BCUT2D eigenvalue weighted by molar-refractivity contribution is -0.258. The van der Waals surface area contributed by atoms with Gasteiger partial charge in [-0.3, -0.25) is 4.79 Å². The lowest BCUT2D eigenvalue weighted by Crippen LogP contribution is -2.52. The van der Waals surface area contributed by atoms with Crippen molar-refractivity contribution in [1.29, 1.82) is 0 Å². The normalized spacial score (nSPS) is 40.1. The molecule has 116 valence electrons. The lowest BCUT2D eigenvalue weighted by Gasteiger charge is -2.41. The van der Waals surface area contributed by atoms with Crippen molar-refractivity contribution in [3.05, 3.63) is 0 Å². The van der Waals surface area contributed by atoms with Crippen LogP contribution >= 0.6 is 0 Å². The molecule has 0 aromatic heterocycles. The first-order valence-corrected chi connectivity index (χ1v) is 7.07. The lowest BCUT2D eigenvalue weighted by atomic mass is 9.65. The van der Waals surface area contributed by atoms with Gasteiger partial charge in [-0.25, -0.2) is 0 Å². The highest BCUT2D eigenvalue weighted by Crippen LogP contribution is 2.66. The summed E-state index contributed by atoms with van der Waals surface area (Å²) in [7, 11) is 0. The average molecular weight is 294 g/mol. The molecule has 2 bridgehead atoms. The van der Waals surface area contributed by atoms with Crippen molar-refractivity contribution in [2.24, 2.45) is 29.1 Å². The zero-order valence-corrected chi connectivity index (χ0v) is 12.0. The Bertz CT molecular complexity index is 380. The molecule has 20 heavy (non-hydrogen) atoms. The summed E-state index contributed by atoms with van der Waals surface area (Å²) in [5, 5.41) is 0. The first-order chi connectivity index (χ1) is 9.25. The number of esters is 1. The van der Waals surface area contributed by atoms with Crippen LogP contribution in [-0.4, -0.2) is 25.5 Å². The maximum atomic E-state index is 13.6. The van der Waals surface area contributed by atoms with Gasteiger partial charge in [0.2, 0.25) is 0 Å². The van der Waals surface area contributed by atoms with E-state index in [1.807, 2.05) is 13.8 Å². The minimum Gasteiger partial charge on any atom is -0.438 e. The molecule has 0 amide bonds. The Morgan fingerprint density at radius 1 is 1.30 bits per heavy atom. The fraction of sp³-hybridized carbons (Fsp3) is 0.929. The van der Waals surface area contributed by atoms with Crippen molar-refractivity contribution in [2.75, 3.05) is 13.4 Å². The Hall–Kier alpha value is -0.780. The monoisotopic (exact) mass is 294 g/mol. The first kappa shape index (κ1) is 15.6. The van der Waals surface area contributed by atoms with Gasteiger partial charge in [0.25, 0.3) is 0 Å². The number of carbonyl (C=O) groups excluding carboxylic acids is 1.